The first kappa shape index (κ1) is 18.6. The molecule has 2 aliphatic rings. The van der Waals surface area contributed by atoms with Crippen molar-refractivity contribution in [2.45, 2.75) is 32.0 Å². The number of carbonyl (C=O) groups is 2. The van der Waals surface area contributed by atoms with Crippen molar-refractivity contribution in [1.82, 2.24) is 9.47 Å². The van der Waals surface area contributed by atoms with Gasteiger partial charge in [0.15, 0.2) is 0 Å². The van der Waals surface area contributed by atoms with Crippen LogP contribution in [0.2, 0.25) is 0 Å². The van der Waals surface area contributed by atoms with Crippen LogP contribution in [0.1, 0.15) is 39.6 Å². The summed E-state index contributed by atoms with van der Waals surface area (Å²) in [7, 11) is 0. The molecular weight excluding hydrogens is 402 g/mol. The summed E-state index contributed by atoms with van der Waals surface area (Å²) in [6.45, 7) is 0.765. The van der Waals surface area contributed by atoms with Crippen molar-refractivity contribution in [3.8, 4) is 0 Å². The number of aromatic nitrogens is 1. The monoisotopic (exact) mass is 414 g/mol. The number of carboxylic acids is 1. The Hall–Kier alpha value is -1.15. The first-order valence-corrected chi connectivity index (χ1v) is 8.44. The molecule has 25 heavy (non-hydrogen) atoms. The van der Waals surface area contributed by atoms with Gasteiger partial charge in [-0.15, -0.1) is 0 Å². The number of nitrogens with zero attached hydrogens (tertiary/aromatic N) is 2. The topological polar surface area (TPSA) is 65.4 Å². The minimum absolute atomic E-state index is 0. The normalized spacial score (nSPS) is 16.4. The summed E-state index contributed by atoms with van der Waals surface area (Å²) in [6, 6.07) is 3.31. The maximum atomic E-state index is 14.1. The molecule has 1 amide bonds. The van der Waals surface area contributed by atoms with Crippen LogP contribution in [0.25, 0.3) is 0 Å². The first-order valence-electron chi connectivity index (χ1n) is 7.65. The molecule has 0 saturated heterocycles. The van der Waals surface area contributed by atoms with Crippen LogP contribution >= 0.6 is 15.9 Å². The molecule has 124 valence electrons. The first-order chi connectivity index (χ1) is 11.5. The Bertz CT molecular complexity index is 883. The zero-order chi connectivity index (χ0) is 17.0. The minimum atomic E-state index is -1.35. The zero-order valence-corrected chi connectivity index (χ0v) is 17.2. The molecular formula is C17H13BrFN2NaO3. The van der Waals surface area contributed by atoms with E-state index in [1.54, 1.807) is 6.07 Å². The Kier molecular flexibility index (Phi) is 5.12. The maximum Gasteiger partial charge on any atom is 1.00 e. The van der Waals surface area contributed by atoms with E-state index < -0.39 is 23.7 Å². The van der Waals surface area contributed by atoms with Gasteiger partial charge in [0, 0.05) is 39.6 Å². The predicted octanol–water partition coefficient (Wildman–Crippen LogP) is -1.21. The molecule has 0 aliphatic carbocycles. The van der Waals surface area contributed by atoms with Gasteiger partial charge in [0.05, 0.1) is 18.6 Å². The summed E-state index contributed by atoms with van der Waals surface area (Å²) in [5.74, 6) is -2.36. The van der Waals surface area contributed by atoms with E-state index in [9.17, 15) is 19.1 Å². The van der Waals surface area contributed by atoms with Crippen molar-refractivity contribution < 1.29 is 48.6 Å². The molecule has 1 aromatic carbocycles. The average molecular weight is 415 g/mol. The molecule has 0 bridgehead atoms. The number of aliphatic carboxylic acids is 1. The molecule has 0 spiro atoms. The van der Waals surface area contributed by atoms with E-state index in [0.29, 0.717) is 10.0 Å². The molecule has 3 heterocycles. The van der Waals surface area contributed by atoms with Crippen molar-refractivity contribution in [2.24, 2.45) is 0 Å². The van der Waals surface area contributed by atoms with E-state index >= 15 is 0 Å². The van der Waals surface area contributed by atoms with Crippen molar-refractivity contribution in [3.05, 3.63) is 57.1 Å². The van der Waals surface area contributed by atoms with Crippen LogP contribution in [-0.4, -0.2) is 21.3 Å². The Balaban J connectivity index is 0.00000182. The van der Waals surface area contributed by atoms with Gasteiger partial charge in [-0.1, -0.05) is 15.9 Å². The number of amides is 1. The van der Waals surface area contributed by atoms with Gasteiger partial charge >= 0.3 is 29.6 Å². The van der Waals surface area contributed by atoms with E-state index in [0.717, 1.165) is 25.1 Å². The Morgan fingerprint density at radius 2 is 2.12 bits per heavy atom. The number of carbonyl (C=O) groups excluding carboxylic acids is 2. The van der Waals surface area contributed by atoms with E-state index in [2.05, 4.69) is 15.9 Å². The second-order valence-corrected chi connectivity index (χ2v) is 7.00. The van der Waals surface area contributed by atoms with Crippen LogP contribution in [0.3, 0.4) is 0 Å². The fraction of sp³-hybridized carbons (Fsp3) is 0.294. The second kappa shape index (κ2) is 6.87. The molecule has 1 aromatic heterocycles. The van der Waals surface area contributed by atoms with E-state index in [1.807, 2.05) is 10.8 Å². The SMILES string of the molecule is O=C([O-])C(c1ccn2c1CCC2)N1Cc2c(F)cc(Br)cc2C1=O.[Na+]. The summed E-state index contributed by atoms with van der Waals surface area (Å²) < 4.78 is 16.6. The van der Waals surface area contributed by atoms with Gasteiger partial charge in [0.25, 0.3) is 5.91 Å². The Morgan fingerprint density at radius 1 is 1.36 bits per heavy atom. The molecule has 2 aromatic rings. The van der Waals surface area contributed by atoms with Gasteiger partial charge in [-0.25, -0.2) is 4.39 Å². The van der Waals surface area contributed by atoms with Crippen molar-refractivity contribution >= 4 is 27.8 Å². The van der Waals surface area contributed by atoms with E-state index in [-0.39, 0.29) is 47.2 Å². The van der Waals surface area contributed by atoms with Crippen LogP contribution in [0.5, 0.6) is 0 Å². The van der Waals surface area contributed by atoms with Gasteiger partial charge in [-0.2, -0.15) is 0 Å². The number of carboxylic acid groups (broad SMARTS) is 1. The number of hydrogen-bond donors (Lipinski definition) is 0. The molecule has 8 heteroatoms. The maximum absolute atomic E-state index is 14.1. The summed E-state index contributed by atoms with van der Waals surface area (Å²) in [6.07, 6.45) is 3.54. The summed E-state index contributed by atoms with van der Waals surface area (Å²) >= 11 is 3.17. The molecule has 0 fully saturated rings. The molecule has 1 atom stereocenters. The Labute approximate surface area is 174 Å². The zero-order valence-electron chi connectivity index (χ0n) is 13.6. The number of benzene rings is 1. The van der Waals surface area contributed by atoms with Crippen LogP contribution in [0, 0.1) is 5.82 Å². The average Bonchev–Trinajstić information content (AvgIpc) is 3.18. The fourth-order valence-corrected chi connectivity index (χ4v) is 4.10. The second-order valence-electron chi connectivity index (χ2n) is 6.08. The molecule has 0 saturated carbocycles. The van der Waals surface area contributed by atoms with Gasteiger partial charge in [-0.05, 0) is 31.0 Å². The summed E-state index contributed by atoms with van der Waals surface area (Å²) in [4.78, 5) is 25.7. The van der Waals surface area contributed by atoms with Gasteiger partial charge in [0.2, 0.25) is 0 Å². The van der Waals surface area contributed by atoms with Gasteiger partial charge < -0.3 is 19.4 Å². The third kappa shape index (κ3) is 2.97. The number of halogens is 2. The third-order valence-corrected chi connectivity index (χ3v) is 5.19. The number of aryl methyl sites for hydroxylation is 1. The largest absolute Gasteiger partial charge is 1.00 e. The Morgan fingerprint density at radius 3 is 2.84 bits per heavy atom. The van der Waals surface area contributed by atoms with E-state index in [1.165, 1.54) is 17.0 Å². The summed E-state index contributed by atoms with van der Waals surface area (Å²) in [5, 5.41) is 11.8. The predicted molar refractivity (Wildman–Crippen MR) is 84.5 cm³/mol. The molecule has 2 aliphatic heterocycles. The van der Waals surface area contributed by atoms with Crippen molar-refractivity contribution in [3.63, 3.8) is 0 Å². The molecule has 4 rings (SSSR count). The third-order valence-electron chi connectivity index (χ3n) is 4.74. The smallest absolute Gasteiger partial charge is 0.548 e. The number of fused-ring (bicyclic) bond motifs is 2. The minimum Gasteiger partial charge on any atom is -0.548 e. The van der Waals surface area contributed by atoms with Gasteiger partial charge in [-0.3, -0.25) is 4.79 Å². The molecule has 1 unspecified atom stereocenters. The standard InChI is InChI=1S/C17H14BrFN2O3.Na/c18-9-6-11-12(13(19)7-9)8-21(16(11)22)15(17(23)24)10-3-5-20-4-1-2-14(10)20;/h3,5-7,15H,1-2,4,8H2,(H,23,24);/q;+1/p-1. The van der Waals surface area contributed by atoms with Crippen molar-refractivity contribution in [2.75, 3.05) is 0 Å². The van der Waals surface area contributed by atoms with Crippen LogP contribution < -0.4 is 34.7 Å². The fourth-order valence-electron chi connectivity index (χ4n) is 3.67. The van der Waals surface area contributed by atoms with E-state index in [4.69, 9.17) is 0 Å². The van der Waals surface area contributed by atoms with Crippen molar-refractivity contribution in [1.29, 1.82) is 0 Å². The number of rotatable bonds is 3. The van der Waals surface area contributed by atoms with Crippen LogP contribution in [0.15, 0.2) is 28.9 Å². The molecule has 0 N–H and O–H groups in total. The molecule has 0 radical (unpaired) electrons. The van der Waals surface area contributed by atoms with Gasteiger partial charge in [0.1, 0.15) is 5.82 Å². The summed E-state index contributed by atoms with van der Waals surface area (Å²) in [5.41, 5.74) is 1.90. The number of hydrogen-bond acceptors (Lipinski definition) is 3. The van der Waals surface area contributed by atoms with Crippen LogP contribution in [0.4, 0.5) is 4.39 Å². The molecule has 5 nitrogen and oxygen atoms in total. The van der Waals surface area contributed by atoms with Crippen LogP contribution in [-0.2, 0) is 24.3 Å². The quantitative estimate of drug-likeness (QED) is 0.591.